The van der Waals surface area contributed by atoms with E-state index < -0.39 is 11.5 Å². The molecule has 1 fully saturated rings. The van der Waals surface area contributed by atoms with E-state index in [1.807, 2.05) is 13.2 Å². The van der Waals surface area contributed by atoms with Crippen molar-refractivity contribution in [1.29, 1.82) is 0 Å². The van der Waals surface area contributed by atoms with Gasteiger partial charge in [0.15, 0.2) is 0 Å². The highest BCUT2D eigenvalue weighted by atomic mass is 32.2. The standard InChI is InChI=1S/C11H20N2O3S/c1-8(4-7-17-3)13(2)10(16)12-11(5-6-11)9(14)15/h8H,4-7H2,1-3H3,(H,12,16)(H,14,15). The van der Waals surface area contributed by atoms with Crippen molar-refractivity contribution in [3.8, 4) is 0 Å². The maximum Gasteiger partial charge on any atom is 0.329 e. The van der Waals surface area contributed by atoms with Crippen molar-refractivity contribution < 1.29 is 14.7 Å². The summed E-state index contributed by atoms with van der Waals surface area (Å²) in [6.07, 6.45) is 3.99. The van der Waals surface area contributed by atoms with Gasteiger partial charge in [-0.05, 0) is 38.2 Å². The molecule has 1 aliphatic rings. The van der Waals surface area contributed by atoms with Gasteiger partial charge in [0.25, 0.3) is 0 Å². The van der Waals surface area contributed by atoms with Crippen LogP contribution in [0.15, 0.2) is 0 Å². The molecule has 0 bridgehead atoms. The predicted octanol–water partition coefficient (Wildman–Crippen LogP) is 1.39. The third-order valence-corrected chi connectivity index (χ3v) is 3.87. The normalized spacial score (nSPS) is 18.3. The predicted molar refractivity (Wildman–Crippen MR) is 68.4 cm³/mol. The first-order chi connectivity index (χ1) is 7.93. The molecule has 0 aromatic carbocycles. The number of thioether (sulfide) groups is 1. The number of carboxylic acid groups (broad SMARTS) is 1. The van der Waals surface area contributed by atoms with Crippen LogP contribution in [0.1, 0.15) is 26.2 Å². The number of urea groups is 1. The fraction of sp³-hybridized carbons (Fsp3) is 0.818. The van der Waals surface area contributed by atoms with Crippen molar-refractivity contribution in [2.24, 2.45) is 0 Å². The number of hydrogen-bond donors (Lipinski definition) is 2. The van der Waals surface area contributed by atoms with Crippen molar-refractivity contribution in [1.82, 2.24) is 10.2 Å². The van der Waals surface area contributed by atoms with E-state index in [0.29, 0.717) is 12.8 Å². The average molecular weight is 260 g/mol. The van der Waals surface area contributed by atoms with E-state index in [1.165, 1.54) is 0 Å². The Morgan fingerprint density at radius 2 is 2.12 bits per heavy atom. The minimum atomic E-state index is -0.995. The first-order valence-electron chi connectivity index (χ1n) is 5.70. The number of carbonyl (C=O) groups excluding carboxylic acids is 1. The number of carboxylic acids is 1. The Hall–Kier alpha value is -0.910. The zero-order valence-electron chi connectivity index (χ0n) is 10.5. The van der Waals surface area contributed by atoms with Crippen LogP contribution >= 0.6 is 11.8 Å². The minimum absolute atomic E-state index is 0.118. The van der Waals surface area contributed by atoms with Gasteiger partial charge in [-0.2, -0.15) is 11.8 Å². The Kier molecular flexibility index (Phi) is 4.68. The lowest BCUT2D eigenvalue weighted by Gasteiger charge is -2.26. The van der Waals surface area contributed by atoms with E-state index >= 15 is 0 Å². The Morgan fingerprint density at radius 3 is 2.53 bits per heavy atom. The summed E-state index contributed by atoms with van der Waals surface area (Å²) < 4.78 is 0. The second-order valence-electron chi connectivity index (χ2n) is 4.56. The lowest BCUT2D eigenvalue weighted by Crippen LogP contribution is -2.50. The minimum Gasteiger partial charge on any atom is -0.480 e. The molecule has 1 saturated carbocycles. The van der Waals surface area contributed by atoms with Gasteiger partial charge < -0.3 is 15.3 Å². The highest BCUT2D eigenvalue weighted by Gasteiger charge is 2.52. The van der Waals surface area contributed by atoms with Crippen molar-refractivity contribution in [2.45, 2.75) is 37.8 Å². The molecule has 17 heavy (non-hydrogen) atoms. The maximum absolute atomic E-state index is 11.9. The van der Waals surface area contributed by atoms with Gasteiger partial charge in [-0.15, -0.1) is 0 Å². The summed E-state index contributed by atoms with van der Waals surface area (Å²) in [7, 11) is 1.71. The van der Waals surface area contributed by atoms with Crippen LogP contribution in [0.3, 0.4) is 0 Å². The fourth-order valence-electron chi connectivity index (χ4n) is 1.49. The van der Waals surface area contributed by atoms with Crippen LogP contribution in [0.25, 0.3) is 0 Å². The topological polar surface area (TPSA) is 69.6 Å². The monoisotopic (exact) mass is 260 g/mol. The molecule has 1 atom stereocenters. The molecule has 0 heterocycles. The molecule has 0 aliphatic heterocycles. The van der Waals surface area contributed by atoms with Gasteiger partial charge in [-0.3, -0.25) is 0 Å². The molecule has 1 unspecified atom stereocenters. The number of amides is 2. The van der Waals surface area contributed by atoms with E-state index in [2.05, 4.69) is 5.32 Å². The molecule has 98 valence electrons. The van der Waals surface area contributed by atoms with Gasteiger partial charge in [0.2, 0.25) is 0 Å². The van der Waals surface area contributed by atoms with Gasteiger partial charge in [-0.25, -0.2) is 9.59 Å². The van der Waals surface area contributed by atoms with Crippen LogP contribution in [0, 0.1) is 0 Å². The number of carbonyl (C=O) groups is 2. The summed E-state index contributed by atoms with van der Waals surface area (Å²) in [5, 5.41) is 11.6. The lowest BCUT2D eigenvalue weighted by atomic mass is 10.2. The Balaban J connectivity index is 2.44. The van der Waals surface area contributed by atoms with Crippen LogP contribution in [-0.4, -0.2) is 52.6 Å². The van der Waals surface area contributed by atoms with Crippen LogP contribution < -0.4 is 5.32 Å². The van der Waals surface area contributed by atoms with Gasteiger partial charge in [0, 0.05) is 13.1 Å². The molecule has 6 heteroatoms. The van der Waals surface area contributed by atoms with E-state index in [4.69, 9.17) is 5.11 Å². The van der Waals surface area contributed by atoms with E-state index in [9.17, 15) is 9.59 Å². The Morgan fingerprint density at radius 1 is 1.53 bits per heavy atom. The quantitative estimate of drug-likeness (QED) is 0.757. The lowest BCUT2D eigenvalue weighted by molar-refractivity contribution is -0.140. The van der Waals surface area contributed by atoms with Gasteiger partial charge in [0.05, 0.1) is 0 Å². The van der Waals surface area contributed by atoms with Crippen molar-refractivity contribution in [2.75, 3.05) is 19.1 Å². The van der Waals surface area contributed by atoms with E-state index in [-0.39, 0.29) is 12.1 Å². The molecule has 2 amide bonds. The largest absolute Gasteiger partial charge is 0.480 e. The average Bonchev–Trinajstić information content (AvgIpc) is 3.05. The molecule has 1 rings (SSSR count). The maximum atomic E-state index is 11.9. The molecular formula is C11H20N2O3S. The molecular weight excluding hydrogens is 240 g/mol. The molecule has 0 aromatic rings. The summed E-state index contributed by atoms with van der Waals surface area (Å²) in [5.74, 6) is 0.0547. The second-order valence-corrected chi connectivity index (χ2v) is 5.54. The molecule has 0 aromatic heterocycles. The van der Waals surface area contributed by atoms with Gasteiger partial charge in [0.1, 0.15) is 5.54 Å². The SMILES string of the molecule is CSCCC(C)N(C)C(=O)NC1(C(=O)O)CC1. The fourth-order valence-corrected chi connectivity index (χ4v) is 2.07. The molecule has 0 radical (unpaired) electrons. The molecule has 0 saturated heterocycles. The van der Waals surface area contributed by atoms with Crippen LogP contribution in [-0.2, 0) is 4.79 Å². The van der Waals surface area contributed by atoms with Crippen LogP contribution in [0.4, 0.5) is 4.79 Å². The Bertz CT molecular complexity index is 305. The van der Waals surface area contributed by atoms with Gasteiger partial charge in [-0.1, -0.05) is 0 Å². The summed E-state index contributed by atoms with van der Waals surface area (Å²) in [6.45, 7) is 1.97. The van der Waals surface area contributed by atoms with Crippen molar-refractivity contribution in [3.63, 3.8) is 0 Å². The third-order valence-electron chi connectivity index (χ3n) is 3.23. The Labute approximate surface area is 106 Å². The summed E-state index contributed by atoms with van der Waals surface area (Å²) >= 11 is 1.74. The number of nitrogens with one attached hydrogen (secondary N) is 1. The van der Waals surface area contributed by atoms with E-state index in [1.54, 1.807) is 23.7 Å². The molecule has 2 N–H and O–H groups in total. The van der Waals surface area contributed by atoms with Crippen LogP contribution in [0.5, 0.6) is 0 Å². The summed E-state index contributed by atoms with van der Waals surface area (Å²) in [4.78, 5) is 24.4. The highest BCUT2D eigenvalue weighted by molar-refractivity contribution is 7.98. The van der Waals surface area contributed by atoms with Crippen molar-refractivity contribution >= 4 is 23.8 Å². The van der Waals surface area contributed by atoms with Crippen LogP contribution in [0.2, 0.25) is 0 Å². The van der Waals surface area contributed by atoms with E-state index in [0.717, 1.165) is 12.2 Å². The highest BCUT2D eigenvalue weighted by Crippen LogP contribution is 2.35. The zero-order chi connectivity index (χ0) is 13.1. The first-order valence-corrected chi connectivity index (χ1v) is 7.09. The third kappa shape index (κ3) is 3.52. The number of nitrogens with zero attached hydrogens (tertiary/aromatic N) is 1. The summed E-state index contributed by atoms with van der Waals surface area (Å²) in [5.41, 5.74) is -0.995. The smallest absolute Gasteiger partial charge is 0.329 e. The second kappa shape index (κ2) is 5.62. The molecule has 5 nitrogen and oxygen atoms in total. The van der Waals surface area contributed by atoms with Crippen molar-refractivity contribution in [3.05, 3.63) is 0 Å². The number of rotatable bonds is 6. The zero-order valence-corrected chi connectivity index (χ0v) is 11.3. The van der Waals surface area contributed by atoms with Gasteiger partial charge >= 0.3 is 12.0 Å². The summed E-state index contributed by atoms with van der Waals surface area (Å²) in [6, 6.07) is -0.175. The molecule has 1 aliphatic carbocycles. The molecule has 0 spiro atoms. The first kappa shape index (κ1) is 14.2. The number of hydrogen-bond acceptors (Lipinski definition) is 3. The number of aliphatic carboxylic acids is 1.